The monoisotopic (exact) mass is 553 g/mol. The van der Waals surface area contributed by atoms with Crippen LogP contribution in [0.5, 0.6) is 0 Å². The highest BCUT2D eigenvalue weighted by molar-refractivity contribution is 6.33. The minimum absolute atomic E-state index is 0.0495. The molecule has 2 amide bonds. The number of carbonyl (C=O) groups is 2. The lowest BCUT2D eigenvalue weighted by Crippen LogP contribution is -2.50. The number of hydrogen-bond acceptors (Lipinski definition) is 4. The molecule has 2 atom stereocenters. The van der Waals surface area contributed by atoms with E-state index < -0.39 is 5.60 Å². The fraction of sp³-hybridized carbons (Fsp3) is 0.562. The molecule has 2 unspecified atom stereocenters. The molecule has 4 rings (SSSR count). The Morgan fingerprint density at radius 2 is 1.87 bits per heavy atom. The Bertz CT molecular complexity index is 1150. The molecule has 2 aliphatic rings. The van der Waals surface area contributed by atoms with Gasteiger partial charge in [-0.1, -0.05) is 53.6 Å². The Balaban J connectivity index is 1.65. The third-order valence-electron chi connectivity index (χ3n) is 8.83. The Hall–Kier alpha value is -2.41. The van der Waals surface area contributed by atoms with Crippen LogP contribution in [-0.4, -0.2) is 48.0 Å². The van der Waals surface area contributed by atoms with Gasteiger partial charge in [0, 0.05) is 49.0 Å². The van der Waals surface area contributed by atoms with Crippen LogP contribution in [0.25, 0.3) is 11.1 Å². The summed E-state index contributed by atoms with van der Waals surface area (Å²) in [6.45, 7) is 5.98. The van der Waals surface area contributed by atoms with E-state index in [2.05, 4.69) is 11.4 Å². The van der Waals surface area contributed by atoms with Gasteiger partial charge in [0.1, 0.15) is 0 Å². The number of piperidine rings is 1. The summed E-state index contributed by atoms with van der Waals surface area (Å²) >= 11 is 6.83. The van der Waals surface area contributed by atoms with E-state index >= 15 is 0 Å². The van der Waals surface area contributed by atoms with Crippen molar-refractivity contribution in [2.45, 2.75) is 70.8 Å². The van der Waals surface area contributed by atoms with Crippen LogP contribution in [-0.2, 0) is 15.2 Å². The molecule has 1 aliphatic heterocycles. The lowest BCUT2D eigenvalue weighted by atomic mass is 9.72. The molecule has 1 heterocycles. The van der Waals surface area contributed by atoms with Gasteiger partial charge >= 0.3 is 0 Å². The van der Waals surface area contributed by atoms with E-state index in [-0.39, 0.29) is 23.7 Å². The van der Waals surface area contributed by atoms with Gasteiger partial charge in [0.05, 0.1) is 5.60 Å². The number of amides is 2. The maximum absolute atomic E-state index is 13.6. The number of halogens is 1. The quantitative estimate of drug-likeness (QED) is 0.361. The van der Waals surface area contributed by atoms with E-state index in [1.165, 1.54) is 6.92 Å². The predicted octanol–water partition coefficient (Wildman–Crippen LogP) is 5.42. The average Bonchev–Trinajstić information content (AvgIpc) is 2.94. The predicted molar refractivity (Wildman–Crippen MR) is 157 cm³/mol. The fourth-order valence-corrected chi connectivity index (χ4v) is 6.91. The molecule has 0 bridgehead atoms. The lowest BCUT2D eigenvalue weighted by Gasteiger charge is -2.44. The second kappa shape index (κ2) is 13.3. The van der Waals surface area contributed by atoms with Crippen LogP contribution in [0.3, 0.4) is 0 Å². The normalized spacial score (nSPS) is 23.2. The number of nitrogens with two attached hydrogens (primary N) is 1. The molecule has 0 spiro atoms. The largest absolute Gasteiger partial charge is 0.385 e. The van der Waals surface area contributed by atoms with Crippen molar-refractivity contribution >= 4 is 23.4 Å². The molecule has 1 saturated heterocycles. The van der Waals surface area contributed by atoms with Crippen LogP contribution < -0.4 is 11.1 Å². The Morgan fingerprint density at radius 1 is 1.13 bits per heavy atom. The number of nitrogens with zero attached hydrogens (tertiary/aromatic N) is 1. The van der Waals surface area contributed by atoms with Crippen LogP contribution >= 0.6 is 11.6 Å². The summed E-state index contributed by atoms with van der Waals surface area (Å²) in [7, 11) is 0. The highest BCUT2D eigenvalue weighted by Gasteiger charge is 2.43. The van der Waals surface area contributed by atoms with Crippen LogP contribution in [0.4, 0.5) is 0 Å². The van der Waals surface area contributed by atoms with Crippen molar-refractivity contribution in [3.05, 3.63) is 58.6 Å². The van der Waals surface area contributed by atoms with Gasteiger partial charge in [0.2, 0.25) is 11.8 Å². The minimum Gasteiger partial charge on any atom is -0.385 e. The summed E-state index contributed by atoms with van der Waals surface area (Å²) < 4.78 is 0. The van der Waals surface area contributed by atoms with Crippen LogP contribution in [0.2, 0.25) is 5.02 Å². The molecule has 2 aromatic carbocycles. The SMILES string of the molecule is CC(=O)NCCCC(O)(c1cccc(Cl)c1-c1cccc(C)c1)C1CCCN(C(=O)C2CCC(CN)CC2)C1. The molecular formula is C32H44ClN3O3. The van der Waals surface area contributed by atoms with E-state index in [1.807, 2.05) is 48.2 Å². The average molecular weight is 554 g/mol. The molecule has 7 heteroatoms. The van der Waals surface area contributed by atoms with E-state index in [0.717, 1.165) is 67.3 Å². The van der Waals surface area contributed by atoms with E-state index in [0.29, 0.717) is 43.4 Å². The maximum atomic E-state index is 13.6. The van der Waals surface area contributed by atoms with Gasteiger partial charge in [0.25, 0.3) is 0 Å². The Labute approximate surface area is 238 Å². The van der Waals surface area contributed by atoms with Gasteiger partial charge in [-0.25, -0.2) is 0 Å². The first kappa shape index (κ1) is 29.6. The van der Waals surface area contributed by atoms with Crippen LogP contribution in [0.15, 0.2) is 42.5 Å². The first-order valence-corrected chi connectivity index (χ1v) is 14.9. The number of likely N-dealkylation sites (tertiary alicyclic amines) is 1. The van der Waals surface area contributed by atoms with E-state index in [4.69, 9.17) is 17.3 Å². The molecule has 212 valence electrons. The number of aliphatic hydroxyl groups is 1. The molecule has 1 saturated carbocycles. The van der Waals surface area contributed by atoms with Crippen molar-refractivity contribution in [1.82, 2.24) is 10.2 Å². The Morgan fingerprint density at radius 3 is 2.56 bits per heavy atom. The van der Waals surface area contributed by atoms with E-state index in [1.54, 1.807) is 0 Å². The first-order valence-electron chi connectivity index (χ1n) is 14.5. The molecule has 39 heavy (non-hydrogen) atoms. The maximum Gasteiger partial charge on any atom is 0.225 e. The second-order valence-electron chi connectivity index (χ2n) is 11.6. The molecule has 6 nitrogen and oxygen atoms in total. The number of carbonyl (C=O) groups excluding carboxylic acids is 2. The van der Waals surface area contributed by atoms with Crippen molar-refractivity contribution in [3.63, 3.8) is 0 Å². The van der Waals surface area contributed by atoms with Gasteiger partial charge in [0.15, 0.2) is 0 Å². The number of nitrogens with one attached hydrogen (secondary N) is 1. The van der Waals surface area contributed by atoms with Crippen molar-refractivity contribution in [1.29, 1.82) is 0 Å². The number of benzene rings is 2. The molecule has 2 aromatic rings. The van der Waals surface area contributed by atoms with Gasteiger partial charge < -0.3 is 21.1 Å². The zero-order valence-electron chi connectivity index (χ0n) is 23.4. The minimum atomic E-state index is -1.21. The molecule has 0 aromatic heterocycles. The summed E-state index contributed by atoms with van der Waals surface area (Å²) in [6.07, 6.45) is 6.57. The third-order valence-corrected chi connectivity index (χ3v) is 9.15. The summed E-state index contributed by atoms with van der Waals surface area (Å²) in [5, 5.41) is 16.1. The van der Waals surface area contributed by atoms with Gasteiger partial charge in [-0.05, 0) is 87.9 Å². The standard InChI is InChI=1S/C32H44ClN3O3/c1-22-7-3-8-26(19-22)30-28(10-4-11-29(30)33)32(39,16-6-17-35-23(2)37)27-9-5-18-36(21-27)31(38)25-14-12-24(20-34)13-15-25/h3-4,7-8,10-11,19,24-25,27,39H,5-6,9,12-18,20-21,34H2,1-2H3,(H,35,37). The lowest BCUT2D eigenvalue weighted by molar-refractivity contribution is -0.142. The third kappa shape index (κ3) is 7.03. The molecule has 1 aliphatic carbocycles. The zero-order chi connectivity index (χ0) is 28.0. The Kier molecular flexibility index (Phi) is 10.1. The number of aryl methyl sites for hydroxylation is 1. The summed E-state index contributed by atoms with van der Waals surface area (Å²) in [4.78, 5) is 27.1. The van der Waals surface area contributed by atoms with E-state index in [9.17, 15) is 14.7 Å². The summed E-state index contributed by atoms with van der Waals surface area (Å²) in [6, 6.07) is 13.9. The number of rotatable bonds is 9. The smallest absolute Gasteiger partial charge is 0.225 e. The second-order valence-corrected chi connectivity index (χ2v) is 12.0. The van der Waals surface area contributed by atoms with Crippen molar-refractivity contribution in [3.8, 4) is 11.1 Å². The van der Waals surface area contributed by atoms with Crippen molar-refractivity contribution in [2.24, 2.45) is 23.5 Å². The van der Waals surface area contributed by atoms with Gasteiger partial charge in [-0.2, -0.15) is 0 Å². The molecule has 0 radical (unpaired) electrons. The molecule has 2 fully saturated rings. The topological polar surface area (TPSA) is 95.7 Å². The molecule has 4 N–H and O–H groups in total. The molecular weight excluding hydrogens is 510 g/mol. The number of hydrogen-bond donors (Lipinski definition) is 3. The van der Waals surface area contributed by atoms with Crippen LogP contribution in [0, 0.1) is 24.7 Å². The highest BCUT2D eigenvalue weighted by Crippen LogP contribution is 2.46. The zero-order valence-corrected chi connectivity index (χ0v) is 24.2. The van der Waals surface area contributed by atoms with Crippen LogP contribution in [0.1, 0.15) is 69.4 Å². The first-order chi connectivity index (χ1) is 18.7. The summed E-state index contributed by atoms with van der Waals surface area (Å²) in [5.74, 6) is 0.574. The van der Waals surface area contributed by atoms with Crippen molar-refractivity contribution in [2.75, 3.05) is 26.2 Å². The highest BCUT2D eigenvalue weighted by atomic mass is 35.5. The fourth-order valence-electron chi connectivity index (χ4n) is 6.63. The van der Waals surface area contributed by atoms with Crippen molar-refractivity contribution < 1.29 is 14.7 Å². The van der Waals surface area contributed by atoms with Gasteiger partial charge in [-0.15, -0.1) is 0 Å². The summed E-state index contributed by atoms with van der Waals surface area (Å²) in [5.41, 5.74) is 8.39. The van der Waals surface area contributed by atoms with Gasteiger partial charge in [-0.3, -0.25) is 9.59 Å².